The van der Waals surface area contributed by atoms with E-state index in [-0.39, 0.29) is 18.1 Å². The average molecular weight is 267 g/mol. The largest absolute Gasteiger partial charge is 0.376 e. The lowest BCUT2D eigenvalue weighted by Gasteiger charge is -2.19. The van der Waals surface area contributed by atoms with Crippen molar-refractivity contribution in [2.75, 3.05) is 6.61 Å². The fourth-order valence-corrected chi connectivity index (χ4v) is 3.06. The molecule has 1 aliphatic rings. The predicted octanol–water partition coefficient (Wildman–Crippen LogP) is 3.17. The van der Waals surface area contributed by atoms with Crippen LogP contribution in [0.4, 0.5) is 0 Å². The van der Waals surface area contributed by atoms with Crippen LogP contribution in [0, 0.1) is 0 Å². The number of thiophene rings is 1. The zero-order valence-electron chi connectivity index (χ0n) is 11.2. The molecule has 0 bridgehead atoms. The first kappa shape index (κ1) is 13.6. The van der Waals surface area contributed by atoms with E-state index in [0.29, 0.717) is 5.92 Å². The summed E-state index contributed by atoms with van der Waals surface area (Å²) in [5.41, 5.74) is 0.772. The van der Waals surface area contributed by atoms with Crippen LogP contribution in [-0.2, 0) is 4.74 Å². The molecule has 0 spiro atoms. The molecule has 1 aromatic heterocycles. The molecule has 0 radical (unpaired) electrons. The molecular weight excluding hydrogens is 246 g/mol. The molecule has 1 amide bonds. The fourth-order valence-electron chi connectivity index (χ4n) is 2.15. The molecule has 1 aromatic rings. The Bertz CT molecular complexity index is 408. The second-order valence-electron chi connectivity index (χ2n) is 5.21. The van der Waals surface area contributed by atoms with Crippen LogP contribution in [0.3, 0.4) is 0 Å². The van der Waals surface area contributed by atoms with E-state index in [2.05, 4.69) is 19.2 Å². The van der Waals surface area contributed by atoms with Crippen LogP contribution in [-0.4, -0.2) is 24.7 Å². The van der Waals surface area contributed by atoms with E-state index in [4.69, 9.17) is 4.74 Å². The van der Waals surface area contributed by atoms with Crippen molar-refractivity contribution < 1.29 is 9.53 Å². The predicted molar refractivity (Wildman–Crippen MR) is 74.3 cm³/mol. The number of hydrogen-bond donors (Lipinski definition) is 1. The molecule has 2 heterocycles. The fraction of sp³-hybridized carbons (Fsp3) is 0.643. The van der Waals surface area contributed by atoms with Crippen molar-refractivity contribution in [3.05, 3.63) is 21.9 Å². The van der Waals surface area contributed by atoms with Crippen molar-refractivity contribution >= 4 is 17.2 Å². The van der Waals surface area contributed by atoms with Crippen LogP contribution < -0.4 is 5.32 Å². The summed E-state index contributed by atoms with van der Waals surface area (Å²) in [4.78, 5) is 13.3. The Morgan fingerprint density at radius 2 is 2.28 bits per heavy atom. The Labute approximate surface area is 113 Å². The Morgan fingerprint density at radius 3 is 2.83 bits per heavy atom. The molecule has 100 valence electrons. The maximum atomic E-state index is 12.1. The van der Waals surface area contributed by atoms with Gasteiger partial charge in [-0.2, -0.15) is 0 Å². The first-order chi connectivity index (χ1) is 8.58. The van der Waals surface area contributed by atoms with E-state index in [9.17, 15) is 4.79 Å². The van der Waals surface area contributed by atoms with Crippen LogP contribution in [0.1, 0.15) is 54.8 Å². The molecule has 3 nitrogen and oxygen atoms in total. The zero-order chi connectivity index (χ0) is 13.1. The molecule has 1 N–H and O–H groups in total. The summed E-state index contributed by atoms with van der Waals surface area (Å²) in [6.07, 6.45) is 2.32. The van der Waals surface area contributed by atoms with Crippen LogP contribution >= 0.6 is 11.3 Å². The molecule has 0 unspecified atom stereocenters. The molecule has 0 saturated carbocycles. The van der Waals surface area contributed by atoms with Gasteiger partial charge in [0, 0.05) is 16.9 Å². The zero-order valence-corrected chi connectivity index (χ0v) is 12.0. The summed E-state index contributed by atoms with van der Waals surface area (Å²) in [6, 6.07) is 2.08. The Kier molecular flexibility index (Phi) is 4.40. The van der Waals surface area contributed by atoms with Crippen molar-refractivity contribution in [3.63, 3.8) is 0 Å². The lowest BCUT2D eigenvalue weighted by molar-refractivity contribution is 0.0712. The van der Waals surface area contributed by atoms with E-state index in [0.717, 1.165) is 25.0 Å². The number of rotatable bonds is 4. The molecule has 2 atom stereocenters. The van der Waals surface area contributed by atoms with Gasteiger partial charge in [0.2, 0.25) is 0 Å². The Hall–Kier alpha value is -0.870. The minimum atomic E-state index is 0.0150. The van der Waals surface area contributed by atoms with Crippen LogP contribution in [0.15, 0.2) is 11.4 Å². The summed E-state index contributed by atoms with van der Waals surface area (Å²) in [6.45, 7) is 7.12. The van der Waals surface area contributed by atoms with Gasteiger partial charge in [0.15, 0.2) is 0 Å². The van der Waals surface area contributed by atoms with Gasteiger partial charge in [0.1, 0.15) is 0 Å². The summed E-state index contributed by atoms with van der Waals surface area (Å²) in [7, 11) is 0. The van der Waals surface area contributed by atoms with E-state index < -0.39 is 0 Å². The van der Waals surface area contributed by atoms with Crippen LogP contribution in [0.5, 0.6) is 0 Å². The van der Waals surface area contributed by atoms with Gasteiger partial charge in [-0.05, 0) is 31.7 Å². The molecule has 1 fully saturated rings. The first-order valence-corrected chi connectivity index (χ1v) is 7.46. The lowest BCUT2D eigenvalue weighted by atomic mass is 10.1. The van der Waals surface area contributed by atoms with Gasteiger partial charge in [-0.3, -0.25) is 4.79 Å². The molecule has 2 rings (SSSR count). The maximum Gasteiger partial charge on any atom is 0.252 e. The molecular formula is C14H21NO2S. The monoisotopic (exact) mass is 267 g/mol. The molecule has 0 aromatic carbocycles. The summed E-state index contributed by atoms with van der Waals surface area (Å²) >= 11 is 1.65. The minimum absolute atomic E-state index is 0.0150. The highest BCUT2D eigenvalue weighted by Crippen LogP contribution is 2.23. The highest BCUT2D eigenvalue weighted by molar-refractivity contribution is 7.10. The van der Waals surface area contributed by atoms with Crippen LogP contribution in [0.2, 0.25) is 0 Å². The minimum Gasteiger partial charge on any atom is -0.376 e. The highest BCUT2D eigenvalue weighted by Gasteiger charge is 2.24. The van der Waals surface area contributed by atoms with Gasteiger partial charge >= 0.3 is 0 Å². The maximum absolute atomic E-state index is 12.1. The van der Waals surface area contributed by atoms with Gasteiger partial charge in [-0.1, -0.05) is 13.8 Å². The summed E-state index contributed by atoms with van der Waals surface area (Å²) in [5.74, 6) is 0.494. The third-order valence-electron chi connectivity index (χ3n) is 3.33. The molecule has 0 aliphatic carbocycles. The van der Waals surface area contributed by atoms with Crippen molar-refractivity contribution in [1.29, 1.82) is 0 Å². The molecule has 1 saturated heterocycles. The number of hydrogen-bond acceptors (Lipinski definition) is 3. The second kappa shape index (κ2) is 5.85. The number of carbonyl (C=O) groups excluding carboxylic acids is 1. The standard InChI is InChI=1S/C14H21NO2S/c1-9(2)13-7-11(8-18-13)14(16)15-10(3)12-5-4-6-17-12/h7-10,12H,4-6H2,1-3H3,(H,15,16)/t10-,12-/m0/s1. The highest BCUT2D eigenvalue weighted by atomic mass is 32.1. The van der Waals surface area contributed by atoms with Gasteiger partial charge in [-0.25, -0.2) is 0 Å². The number of nitrogens with one attached hydrogen (secondary N) is 1. The van der Waals surface area contributed by atoms with E-state index >= 15 is 0 Å². The van der Waals surface area contributed by atoms with E-state index in [1.54, 1.807) is 11.3 Å². The van der Waals surface area contributed by atoms with Gasteiger partial charge in [0.05, 0.1) is 17.7 Å². The van der Waals surface area contributed by atoms with Crippen molar-refractivity contribution in [2.24, 2.45) is 0 Å². The first-order valence-electron chi connectivity index (χ1n) is 6.59. The Balaban J connectivity index is 1.93. The molecule has 1 aliphatic heterocycles. The van der Waals surface area contributed by atoms with Gasteiger partial charge < -0.3 is 10.1 Å². The smallest absolute Gasteiger partial charge is 0.252 e. The lowest BCUT2D eigenvalue weighted by Crippen LogP contribution is -2.40. The molecule has 4 heteroatoms. The van der Waals surface area contributed by atoms with E-state index in [1.807, 2.05) is 18.4 Å². The van der Waals surface area contributed by atoms with Crippen molar-refractivity contribution in [3.8, 4) is 0 Å². The summed E-state index contributed by atoms with van der Waals surface area (Å²) < 4.78 is 5.58. The normalized spacial score (nSPS) is 21.2. The van der Waals surface area contributed by atoms with E-state index in [1.165, 1.54) is 4.88 Å². The third-order valence-corrected chi connectivity index (χ3v) is 4.57. The third kappa shape index (κ3) is 3.12. The number of carbonyl (C=O) groups is 1. The molecule has 18 heavy (non-hydrogen) atoms. The second-order valence-corrected chi connectivity index (χ2v) is 6.15. The van der Waals surface area contributed by atoms with Gasteiger partial charge in [0.25, 0.3) is 5.91 Å². The SMILES string of the molecule is CC(C)c1cc(C(=O)N[C@@H](C)[C@@H]2CCCO2)cs1. The summed E-state index contributed by atoms with van der Waals surface area (Å²) in [5, 5.41) is 4.97. The quantitative estimate of drug-likeness (QED) is 0.910. The number of ether oxygens (including phenoxy) is 1. The topological polar surface area (TPSA) is 38.3 Å². The van der Waals surface area contributed by atoms with Crippen molar-refractivity contribution in [2.45, 2.75) is 51.7 Å². The Morgan fingerprint density at radius 1 is 1.50 bits per heavy atom. The van der Waals surface area contributed by atoms with Crippen molar-refractivity contribution in [1.82, 2.24) is 5.32 Å². The average Bonchev–Trinajstić information content (AvgIpc) is 3.00. The van der Waals surface area contributed by atoms with Crippen LogP contribution in [0.25, 0.3) is 0 Å². The van der Waals surface area contributed by atoms with Gasteiger partial charge in [-0.15, -0.1) is 11.3 Å². The number of amides is 1.